The number of aryl methyl sites for hydroxylation is 1. The van der Waals surface area contributed by atoms with Crippen molar-refractivity contribution in [2.75, 3.05) is 26.3 Å². The van der Waals surface area contributed by atoms with Crippen molar-refractivity contribution in [3.63, 3.8) is 0 Å². The lowest BCUT2D eigenvalue weighted by Gasteiger charge is -2.39. The molecule has 9 heteroatoms. The van der Waals surface area contributed by atoms with Crippen molar-refractivity contribution in [1.82, 2.24) is 4.90 Å². The van der Waals surface area contributed by atoms with Crippen LogP contribution < -0.4 is 4.74 Å². The van der Waals surface area contributed by atoms with Crippen LogP contribution in [0.3, 0.4) is 0 Å². The molecule has 2 aromatic rings. The number of hydrogen-bond donors (Lipinski definition) is 0. The Labute approximate surface area is 229 Å². The second kappa shape index (κ2) is 13.0. The molecule has 1 saturated heterocycles. The number of fused-ring (bicyclic) bond motifs is 1. The van der Waals surface area contributed by atoms with E-state index in [9.17, 15) is 14.9 Å². The fourth-order valence-electron chi connectivity index (χ4n) is 4.81. The Kier molecular flexibility index (Phi) is 9.44. The molecule has 1 unspecified atom stereocenters. The number of unbranched alkanes of at least 4 members (excludes halogenated alkanes) is 3. The fraction of sp³-hybridized carbons (Fsp3) is 0.500. The van der Waals surface area contributed by atoms with E-state index in [0.29, 0.717) is 38.3 Å². The van der Waals surface area contributed by atoms with E-state index in [1.807, 2.05) is 51.1 Å². The maximum Gasteiger partial charge on any atom is 0.410 e. The van der Waals surface area contributed by atoms with Gasteiger partial charge in [0.2, 0.25) is 5.79 Å². The number of rotatable bonds is 11. The second-order valence-corrected chi connectivity index (χ2v) is 10.3. The molecule has 1 fully saturated rings. The van der Waals surface area contributed by atoms with Gasteiger partial charge in [0, 0.05) is 56.7 Å². The zero-order chi connectivity index (χ0) is 27.8. The first-order chi connectivity index (χ1) is 18.7. The van der Waals surface area contributed by atoms with E-state index in [2.05, 4.69) is 11.8 Å². The van der Waals surface area contributed by atoms with Gasteiger partial charge in [0.05, 0.1) is 18.1 Å². The summed E-state index contributed by atoms with van der Waals surface area (Å²) in [4.78, 5) is 24.8. The molecule has 4 rings (SSSR count). The zero-order valence-corrected chi connectivity index (χ0v) is 22.8. The van der Waals surface area contributed by atoms with E-state index in [1.54, 1.807) is 4.90 Å². The van der Waals surface area contributed by atoms with Crippen molar-refractivity contribution in [3.05, 3.63) is 69.3 Å². The molecule has 2 aliphatic rings. The number of non-ortho nitro benzene ring substituents is 1. The number of ether oxygens (including phenoxy) is 4. The number of hydrogen-bond acceptors (Lipinski definition) is 7. The second-order valence-electron chi connectivity index (χ2n) is 10.3. The van der Waals surface area contributed by atoms with Gasteiger partial charge in [-0.2, -0.15) is 0 Å². The number of amides is 1. The Morgan fingerprint density at radius 3 is 2.74 bits per heavy atom. The topological polar surface area (TPSA) is 100 Å². The molecule has 39 heavy (non-hydrogen) atoms. The molecule has 1 amide bonds. The highest BCUT2D eigenvalue weighted by molar-refractivity contribution is 5.70. The predicted molar refractivity (Wildman–Crippen MR) is 145 cm³/mol. The molecule has 2 aliphatic heterocycles. The van der Waals surface area contributed by atoms with Gasteiger partial charge in [-0.3, -0.25) is 10.1 Å². The number of para-hydroxylation sites is 1. The third kappa shape index (κ3) is 7.94. The highest BCUT2D eigenvalue weighted by atomic mass is 16.7. The van der Waals surface area contributed by atoms with Crippen LogP contribution in [0.4, 0.5) is 10.5 Å². The van der Waals surface area contributed by atoms with Gasteiger partial charge in [-0.05, 0) is 37.5 Å². The summed E-state index contributed by atoms with van der Waals surface area (Å²) < 4.78 is 23.4. The lowest BCUT2D eigenvalue weighted by molar-refractivity contribution is -0.384. The number of carbonyl (C=O) groups is 1. The molecule has 0 N–H and O–H groups in total. The molecule has 2 heterocycles. The monoisotopic (exact) mass is 536 g/mol. The minimum absolute atomic E-state index is 0.0557. The molecule has 0 saturated carbocycles. The van der Waals surface area contributed by atoms with E-state index >= 15 is 0 Å². The average molecular weight is 537 g/mol. The van der Waals surface area contributed by atoms with Crippen molar-refractivity contribution in [2.24, 2.45) is 0 Å². The van der Waals surface area contributed by atoms with Crippen LogP contribution in [0.15, 0.2) is 42.5 Å². The molecule has 9 nitrogen and oxygen atoms in total. The van der Waals surface area contributed by atoms with Crippen molar-refractivity contribution in [2.45, 2.75) is 70.9 Å². The van der Waals surface area contributed by atoms with Gasteiger partial charge in [-0.15, -0.1) is 0 Å². The Balaban J connectivity index is 1.10. The maximum atomic E-state index is 12.5. The third-order valence-corrected chi connectivity index (χ3v) is 6.58. The van der Waals surface area contributed by atoms with Gasteiger partial charge in [-0.1, -0.05) is 42.9 Å². The molecule has 2 atom stereocenters. The number of benzene rings is 2. The van der Waals surface area contributed by atoms with Crippen molar-refractivity contribution >= 4 is 11.8 Å². The summed E-state index contributed by atoms with van der Waals surface area (Å²) >= 11 is 0. The molecule has 208 valence electrons. The van der Waals surface area contributed by atoms with Crippen LogP contribution in [0.25, 0.3) is 0 Å². The van der Waals surface area contributed by atoms with Crippen LogP contribution in [0.1, 0.15) is 68.7 Å². The van der Waals surface area contributed by atoms with E-state index in [1.165, 1.54) is 12.1 Å². The molecular formula is C30H36N2O7. The minimum Gasteiger partial charge on any atom is -0.463 e. The molecule has 2 aromatic carbocycles. The number of cyclic esters (lactones) is 1. The van der Waals surface area contributed by atoms with Crippen LogP contribution in [0.5, 0.6) is 5.75 Å². The zero-order valence-electron chi connectivity index (χ0n) is 22.8. The van der Waals surface area contributed by atoms with Gasteiger partial charge in [0.15, 0.2) is 6.10 Å². The smallest absolute Gasteiger partial charge is 0.410 e. The number of nitro groups is 1. The Morgan fingerprint density at radius 2 is 1.92 bits per heavy atom. The van der Waals surface area contributed by atoms with E-state index in [0.717, 1.165) is 42.6 Å². The molecule has 0 aliphatic carbocycles. The molecular weight excluding hydrogens is 500 g/mol. The highest BCUT2D eigenvalue weighted by Gasteiger charge is 2.44. The highest BCUT2D eigenvalue weighted by Crippen LogP contribution is 2.42. The van der Waals surface area contributed by atoms with Crippen molar-refractivity contribution < 1.29 is 28.7 Å². The summed E-state index contributed by atoms with van der Waals surface area (Å²) in [5, 5.41) is 11.0. The van der Waals surface area contributed by atoms with Gasteiger partial charge in [0.25, 0.3) is 5.69 Å². The number of nitrogens with zero attached hydrogens (tertiary/aromatic N) is 2. The van der Waals surface area contributed by atoms with Crippen molar-refractivity contribution in [1.29, 1.82) is 0 Å². The predicted octanol–water partition coefficient (Wildman–Crippen LogP) is 5.93. The first kappa shape index (κ1) is 28.4. The van der Waals surface area contributed by atoms with Gasteiger partial charge < -0.3 is 23.8 Å². The SMILES string of the molecule is Cc1cc(C#CCCOCCCCCCN2C[C@H](C3OC(C)(C)Oc4ccccc43)OC2=O)cc([N+](=O)[O-])c1. The summed E-state index contributed by atoms with van der Waals surface area (Å²) in [5.74, 6) is 5.96. The fourth-order valence-corrected chi connectivity index (χ4v) is 4.81. The van der Waals surface area contributed by atoms with Crippen LogP contribution in [0, 0.1) is 28.9 Å². The quantitative estimate of drug-likeness (QED) is 0.152. The first-order valence-electron chi connectivity index (χ1n) is 13.5. The van der Waals surface area contributed by atoms with Crippen molar-refractivity contribution in [3.8, 4) is 17.6 Å². The lowest BCUT2D eigenvalue weighted by Crippen LogP contribution is -2.42. The molecule has 0 radical (unpaired) electrons. The Hall–Kier alpha value is -3.61. The number of nitro benzene ring substituents is 1. The standard InChI is InChI=1S/C30H36N2O7/c1-22-18-23(20-24(19-22)32(34)35)12-8-11-17-36-16-10-5-4-9-15-31-21-27(37-29(31)33)28-25-13-6-7-14-26(25)38-30(2,3)39-28/h6-7,13-14,18-20,27-28H,4-5,9-11,15-17,21H2,1-3H3/t27-,28?/m1/s1. The van der Waals surface area contributed by atoms with Gasteiger partial charge in [0.1, 0.15) is 11.9 Å². The number of carbonyl (C=O) groups excluding carboxylic acids is 1. The summed E-state index contributed by atoms with van der Waals surface area (Å²) in [6.07, 6.45) is 3.37. The van der Waals surface area contributed by atoms with Crippen LogP contribution >= 0.6 is 0 Å². The van der Waals surface area contributed by atoms with Crippen LogP contribution in [-0.2, 0) is 14.2 Å². The third-order valence-electron chi connectivity index (χ3n) is 6.58. The first-order valence-corrected chi connectivity index (χ1v) is 13.5. The van der Waals surface area contributed by atoms with Gasteiger partial charge in [-0.25, -0.2) is 4.79 Å². The molecule has 0 bridgehead atoms. The van der Waals surface area contributed by atoms with E-state index in [-0.39, 0.29) is 24.0 Å². The van der Waals surface area contributed by atoms with Crippen LogP contribution in [0.2, 0.25) is 0 Å². The van der Waals surface area contributed by atoms with Gasteiger partial charge >= 0.3 is 6.09 Å². The largest absolute Gasteiger partial charge is 0.463 e. The molecule has 0 aromatic heterocycles. The lowest BCUT2D eigenvalue weighted by atomic mass is 10.0. The Bertz CT molecular complexity index is 1230. The summed E-state index contributed by atoms with van der Waals surface area (Å²) in [6.45, 7) is 7.87. The normalized spacial score (nSPS) is 19.5. The van der Waals surface area contributed by atoms with E-state index in [4.69, 9.17) is 18.9 Å². The summed E-state index contributed by atoms with van der Waals surface area (Å²) in [6, 6.07) is 12.6. The minimum atomic E-state index is -0.794. The Morgan fingerprint density at radius 1 is 1.13 bits per heavy atom. The van der Waals surface area contributed by atoms with Crippen LogP contribution in [-0.4, -0.2) is 54.1 Å². The average Bonchev–Trinajstić information content (AvgIpc) is 3.26. The summed E-state index contributed by atoms with van der Waals surface area (Å²) in [7, 11) is 0. The summed E-state index contributed by atoms with van der Waals surface area (Å²) in [5.41, 5.74) is 2.42. The van der Waals surface area contributed by atoms with E-state index < -0.39 is 10.7 Å². The maximum absolute atomic E-state index is 12.5. The molecule has 0 spiro atoms.